The molecule has 2 heterocycles. The highest BCUT2D eigenvalue weighted by Crippen LogP contribution is 2.44. The van der Waals surface area contributed by atoms with Crippen LogP contribution in [0.2, 0.25) is 0 Å². The first-order valence-corrected chi connectivity index (χ1v) is 4.20. The number of fused-ring (bicyclic) bond motifs is 2. The highest BCUT2D eigenvalue weighted by molar-refractivity contribution is 5.74. The summed E-state index contributed by atoms with van der Waals surface area (Å²) >= 11 is 0. The Bertz CT molecular complexity index is 218. The second-order valence-corrected chi connectivity index (χ2v) is 3.54. The van der Waals surface area contributed by atoms with Gasteiger partial charge in [0.15, 0.2) is 0 Å². The molecule has 2 aliphatic rings. The van der Waals surface area contributed by atoms with E-state index in [1.807, 2.05) is 0 Å². The van der Waals surface area contributed by atoms with E-state index in [2.05, 4.69) is 4.74 Å². The molecule has 3 unspecified atom stereocenters. The lowest BCUT2D eigenvalue weighted by Gasteiger charge is -2.25. The summed E-state index contributed by atoms with van der Waals surface area (Å²) < 4.78 is 10.1. The van der Waals surface area contributed by atoms with Crippen LogP contribution in [0.3, 0.4) is 0 Å². The number of hydrogen-bond acceptors (Lipinski definition) is 4. The maximum atomic E-state index is 11.2. The van der Waals surface area contributed by atoms with Gasteiger partial charge in [0.1, 0.15) is 11.6 Å². The number of carbonyl (C=O) groups excluding carboxylic acids is 1. The minimum absolute atomic E-state index is 0.180. The molecular formula is C8H13NO3. The van der Waals surface area contributed by atoms with E-state index in [0.717, 1.165) is 19.3 Å². The number of esters is 1. The molecule has 2 aliphatic heterocycles. The zero-order valence-corrected chi connectivity index (χ0v) is 7.08. The van der Waals surface area contributed by atoms with Crippen LogP contribution >= 0.6 is 0 Å². The van der Waals surface area contributed by atoms with E-state index in [4.69, 9.17) is 10.5 Å². The van der Waals surface area contributed by atoms with Gasteiger partial charge in [0, 0.05) is 0 Å². The van der Waals surface area contributed by atoms with Gasteiger partial charge in [-0.15, -0.1) is 0 Å². The molecule has 2 bridgehead atoms. The molecule has 2 rings (SSSR count). The second-order valence-electron chi connectivity index (χ2n) is 3.54. The van der Waals surface area contributed by atoms with Crippen molar-refractivity contribution in [3.05, 3.63) is 0 Å². The minimum Gasteiger partial charge on any atom is -0.469 e. The first-order chi connectivity index (χ1) is 5.65. The van der Waals surface area contributed by atoms with E-state index >= 15 is 0 Å². The molecule has 68 valence electrons. The van der Waals surface area contributed by atoms with Crippen molar-refractivity contribution in [1.29, 1.82) is 0 Å². The van der Waals surface area contributed by atoms with Gasteiger partial charge in [-0.1, -0.05) is 0 Å². The van der Waals surface area contributed by atoms with Crippen molar-refractivity contribution in [2.45, 2.75) is 31.1 Å². The molecule has 4 heteroatoms. The summed E-state index contributed by atoms with van der Waals surface area (Å²) in [4.78, 5) is 11.2. The van der Waals surface area contributed by atoms with Crippen LogP contribution in [0, 0.1) is 5.92 Å². The molecule has 0 spiro atoms. The summed E-state index contributed by atoms with van der Waals surface area (Å²) in [7, 11) is 1.39. The van der Waals surface area contributed by atoms with Gasteiger partial charge >= 0.3 is 5.97 Å². The van der Waals surface area contributed by atoms with Crippen LogP contribution in [-0.2, 0) is 14.3 Å². The second kappa shape index (κ2) is 2.44. The average molecular weight is 171 g/mol. The monoisotopic (exact) mass is 171 g/mol. The zero-order chi connectivity index (χ0) is 8.77. The van der Waals surface area contributed by atoms with E-state index in [1.54, 1.807) is 0 Å². The first-order valence-electron chi connectivity index (χ1n) is 4.20. The molecule has 0 amide bonds. The van der Waals surface area contributed by atoms with Gasteiger partial charge in [0.05, 0.1) is 13.2 Å². The third kappa shape index (κ3) is 0.949. The lowest BCUT2D eigenvalue weighted by molar-refractivity contribution is -0.151. The predicted octanol–water partition coefficient (Wildman–Crippen LogP) is 0.0133. The molecule has 0 saturated carbocycles. The summed E-state index contributed by atoms with van der Waals surface area (Å²) in [6.45, 7) is 0. The van der Waals surface area contributed by atoms with Gasteiger partial charge in [0.25, 0.3) is 0 Å². The van der Waals surface area contributed by atoms with Crippen molar-refractivity contribution in [1.82, 2.24) is 0 Å². The number of methoxy groups -OCH3 is 1. The Morgan fingerprint density at radius 2 is 2.50 bits per heavy atom. The maximum Gasteiger partial charge on any atom is 0.313 e. The Kier molecular flexibility index (Phi) is 1.63. The fraction of sp³-hybridized carbons (Fsp3) is 0.875. The van der Waals surface area contributed by atoms with E-state index in [0.29, 0.717) is 0 Å². The molecule has 3 atom stereocenters. The Labute approximate surface area is 71.0 Å². The fourth-order valence-corrected chi connectivity index (χ4v) is 2.14. The molecule has 0 aromatic rings. The number of ether oxygens (including phenoxy) is 2. The standard InChI is InChI=1S/C8H13NO3/c1-11-7(10)6-4-5-2-3-8(6,9)12-5/h5-6H,2-4,9H2,1H3. The topological polar surface area (TPSA) is 61.5 Å². The largest absolute Gasteiger partial charge is 0.469 e. The molecule has 0 aliphatic carbocycles. The van der Waals surface area contributed by atoms with Crippen LogP contribution in [0.1, 0.15) is 19.3 Å². The molecule has 12 heavy (non-hydrogen) atoms. The molecule has 0 aromatic carbocycles. The third-order valence-corrected chi connectivity index (χ3v) is 2.82. The number of hydrogen-bond donors (Lipinski definition) is 1. The first kappa shape index (κ1) is 8.01. The van der Waals surface area contributed by atoms with Gasteiger partial charge in [0.2, 0.25) is 0 Å². The van der Waals surface area contributed by atoms with E-state index < -0.39 is 5.72 Å². The Morgan fingerprint density at radius 3 is 2.92 bits per heavy atom. The van der Waals surface area contributed by atoms with Crippen molar-refractivity contribution < 1.29 is 14.3 Å². The highest BCUT2D eigenvalue weighted by Gasteiger charge is 2.54. The quantitative estimate of drug-likeness (QED) is 0.565. The van der Waals surface area contributed by atoms with Gasteiger partial charge in [-0.05, 0) is 19.3 Å². The predicted molar refractivity (Wildman–Crippen MR) is 41.1 cm³/mol. The summed E-state index contributed by atoms with van der Waals surface area (Å²) in [5.74, 6) is -0.485. The van der Waals surface area contributed by atoms with Crippen molar-refractivity contribution in [2.24, 2.45) is 11.7 Å². The third-order valence-electron chi connectivity index (χ3n) is 2.82. The highest BCUT2D eigenvalue weighted by atomic mass is 16.6. The normalized spacial score (nSPS) is 44.8. The Hall–Kier alpha value is -0.610. The van der Waals surface area contributed by atoms with Crippen LogP contribution in [-0.4, -0.2) is 24.9 Å². The number of rotatable bonds is 1. The fourth-order valence-electron chi connectivity index (χ4n) is 2.14. The summed E-state index contributed by atoms with van der Waals surface area (Å²) in [6.07, 6.45) is 2.66. The molecule has 2 fully saturated rings. The van der Waals surface area contributed by atoms with Crippen molar-refractivity contribution in [3.8, 4) is 0 Å². The van der Waals surface area contributed by atoms with E-state index in [9.17, 15) is 4.79 Å². The summed E-state index contributed by atoms with van der Waals surface area (Å²) in [6, 6.07) is 0. The van der Waals surface area contributed by atoms with Crippen molar-refractivity contribution >= 4 is 5.97 Å². The van der Waals surface area contributed by atoms with Gasteiger partial charge < -0.3 is 15.2 Å². The van der Waals surface area contributed by atoms with Gasteiger partial charge in [-0.2, -0.15) is 0 Å². The Morgan fingerprint density at radius 1 is 1.75 bits per heavy atom. The molecule has 4 nitrogen and oxygen atoms in total. The molecular weight excluding hydrogens is 158 g/mol. The lowest BCUT2D eigenvalue weighted by Crippen LogP contribution is -2.47. The van der Waals surface area contributed by atoms with E-state index in [1.165, 1.54) is 7.11 Å². The zero-order valence-electron chi connectivity index (χ0n) is 7.08. The van der Waals surface area contributed by atoms with E-state index in [-0.39, 0.29) is 18.0 Å². The smallest absolute Gasteiger partial charge is 0.313 e. The molecule has 2 saturated heterocycles. The molecule has 0 aromatic heterocycles. The summed E-state index contributed by atoms with van der Waals surface area (Å²) in [5.41, 5.74) is 5.17. The molecule has 2 N–H and O–H groups in total. The van der Waals surface area contributed by atoms with Crippen molar-refractivity contribution in [2.75, 3.05) is 7.11 Å². The summed E-state index contributed by atoms with van der Waals surface area (Å²) in [5, 5.41) is 0. The minimum atomic E-state index is -0.724. The number of nitrogens with two attached hydrogens (primary N) is 1. The number of carbonyl (C=O) groups is 1. The van der Waals surface area contributed by atoms with Crippen LogP contribution in [0.4, 0.5) is 0 Å². The lowest BCUT2D eigenvalue weighted by atomic mass is 9.85. The SMILES string of the molecule is COC(=O)C1CC2CCC1(N)O2. The van der Waals surface area contributed by atoms with Crippen LogP contribution in [0.5, 0.6) is 0 Å². The maximum absolute atomic E-state index is 11.2. The molecule has 0 radical (unpaired) electrons. The van der Waals surface area contributed by atoms with Crippen LogP contribution < -0.4 is 5.73 Å². The van der Waals surface area contributed by atoms with Gasteiger partial charge in [-0.25, -0.2) is 0 Å². The Balaban J connectivity index is 2.14. The van der Waals surface area contributed by atoms with Crippen molar-refractivity contribution in [3.63, 3.8) is 0 Å². The van der Waals surface area contributed by atoms with Crippen LogP contribution in [0.25, 0.3) is 0 Å². The average Bonchev–Trinajstić information content (AvgIpc) is 2.57. The van der Waals surface area contributed by atoms with Gasteiger partial charge in [-0.3, -0.25) is 4.79 Å². The van der Waals surface area contributed by atoms with Crippen LogP contribution in [0.15, 0.2) is 0 Å².